The first-order valence-corrected chi connectivity index (χ1v) is 7.28. The van der Waals surface area contributed by atoms with Crippen molar-refractivity contribution in [2.75, 3.05) is 11.1 Å². The van der Waals surface area contributed by atoms with Crippen molar-refractivity contribution in [3.05, 3.63) is 58.1 Å². The molecule has 0 aromatic heterocycles. The van der Waals surface area contributed by atoms with Crippen LogP contribution in [0.25, 0.3) is 0 Å². The number of rotatable bonds is 2. The van der Waals surface area contributed by atoms with Gasteiger partial charge in [-0.05, 0) is 48.9 Å². The number of nitrogen functional groups attached to an aromatic ring is 1. The third kappa shape index (κ3) is 4.38. The number of aryl methyl sites for hydroxylation is 1. The standard InChI is InChI=1S/C14H13BrN2O.C2H6/c1-9-2-5-11(16)8-13(9)14(18)17-12-6-3-10(15)4-7-12;1-2/h2-8H,16H2,1H3,(H,17,18);1-2H3. The Kier molecular flexibility index (Phi) is 6.25. The van der Waals surface area contributed by atoms with E-state index < -0.39 is 0 Å². The summed E-state index contributed by atoms with van der Waals surface area (Å²) in [6.45, 7) is 5.88. The molecule has 0 spiro atoms. The highest BCUT2D eigenvalue weighted by atomic mass is 79.9. The van der Waals surface area contributed by atoms with Gasteiger partial charge in [0, 0.05) is 21.4 Å². The second kappa shape index (κ2) is 7.70. The Morgan fingerprint density at radius 1 is 1.10 bits per heavy atom. The number of nitrogens with one attached hydrogen (secondary N) is 1. The fourth-order valence-corrected chi connectivity index (χ4v) is 1.88. The predicted octanol–water partition coefficient (Wildman–Crippen LogP) is 4.62. The van der Waals surface area contributed by atoms with Crippen LogP contribution in [0.2, 0.25) is 0 Å². The van der Waals surface area contributed by atoms with Gasteiger partial charge in [0.05, 0.1) is 0 Å². The van der Waals surface area contributed by atoms with Gasteiger partial charge in [-0.3, -0.25) is 4.79 Å². The van der Waals surface area contributed by atoms with E-state index in [2.05, 4.69) is 21.2 Å². The smallest absolute Gasteiger partial charge is 0.256 e. The van der Waals surface area contributed by atoms with Gasteiger partial charge in [-0.25, -0.2) is 0 Å². The molecule has 0 saturated carbocycles. The zero-order valence-corrected chi connectivity index (χ0v) is 13.5. The van der Waals surface area contributed by atoms with Crippen LogP contribution in [0.1, 0.15) is 29.8 Å². The van der Waals surface area contributed by atoms with Crippen molar-refractivity contribution in [1.82, 2.24) is 0 Å². The van der Waals surface area contributed by atoms with E-state index in [4.69, 9.17) is 5.73 Å². The maximum atomic E-state index is 12.1. The maximum Gasteiger partial charge on any atom is 0.256 e. The summed E-state index contributed by atoms with van der Waals surface area (Å²) in [5, 5.41) is 2.84. The summed E-state index contributed by atoms with van der Waals surface area (Å²) in [5.41, 5.74) is 8.53. The fourth-order valence-electron chi connectivity index (χ4n) is 1.62. The van der Waals surface area contributed by atoms with Crippen molar-refractivity contribution < 1.29 is 4.79 Å². The summed E-state index contributed by atoms with van der Waals surface area (Å²) in [5.74, 6) is -0.151. The Morgan fingerprint density at radius 2 is 1.70 bits per heavy atom. The molecule has 2 aromatic rings. The summed E-state index contributed by atoms with van der Waals surface area (Å²) >= 11 is 3.35. The first-order chi connectivity index (χ1) is 9.56. The quantitative estimate of drug-likeness (QED) is 0.787. The van der Waals surface area contributed by atoms with Crippen LogP contribution in [0.5, 0.6) is 0 Å². The van der Waals surface area contributed by atoms with Crippen LogP contribution in [0.15, 0.2) is 46.9 Å². The maximum absolute atomic E-state index is 12.1. The number of hydrogen-bond donors (Lipinski definition) is 2. The summed E-state index contributed by atoms with van der Waals surface area (Å²) in [6.07, 6.45) is 0. The minimum atomic E-state index is -0.151. The number of hydrogen-bond acceptors (Lipinski definition) is 2. The number of benzene rings is 2. The van der Waals surface area contributed by atoms with Crippen LogP contribution in [-0.2, 0) is 0 Å². The SMILES string of the molecule is CC.Cc1ccc(N)cc1C(=O)Nc1ccc(Br)cc1. The van der Waals surface area contributed by atoms with Crippen LogP contribution in [0.3, 0.4) is 0 Å². The topological polar surface area (TPSA) is 55.1 Å². The lowest BCUT2D eigenvalue weighted by atomic mass is 10.1. The molecule has 0 aliphatic carbocycles. The highest BCUT2D eigenvalue weighted by molar-refractivity contribution is 9.10. The van der Waals surface area contributed by atoms with Crippen molar-refractivity contribution in [1.29, 1.82) is 0 Å². The second-order valence-electron chi connectivity index (χ2n) is 4.04. The normalized spacial score (nSPS) is 9.40. The van der Waals surface area contributed by atoms with E-state index >= 15 is 0 Å². The Balaban J connectivity index is 0.000000956. The van der Waals surface area contributed by atoms with Gasteiger partial charge in [0.2, 0.25) is 0 Å². The summed E-state index contributed by atoms with van der Waals surface area (Å²) in [4.78, 5) is 12.1. The number of amides is 1. The molecule has 106 valence electrons. The van der Waals surface area contributed by atoms with Gasteiger partial charge in [-0.2, -0.15) is 0 Å². The molecule has 2 aromatic carbocycles. The second-order valence-corrected chi connectivity index (χ2v) is 4.95. The van der Waals surface area contributed by atoms with Gasteiger partial charge < -0.3 is 11.1 Å². The molecule has 1 amide bonds. The molecule has 0 atom stereocenters. The van der Waals surface area contributed by atoms with Crippen molar-refractivity contribution in [3.8, 4) is 0 Å². The van der Waals surface area contributed by atoms with Crippen molar-refractivity contribution in [3.63, 3.8) is 0 Å². The molecule has 0 radical (unpaired) electrons. The molecule has 4 heteroatoms. The lowest BCUT2D eigenvalue weighted by molar-refractivity contribution is 0.102. The van der Waals surface area contributed by atoms with E-state index in [1.54, 1.807) is 12.1 Å². The molecule has 0 aliphatic heterocycles. The van der Waals surface area contributed by atoms with Gasteiger partial charge in [-0.15, -0.1) is 0 Å². The average molecular weight is 335 g/mol. The van der Waals surface area contributed by atoms with E-state index in [0.29, 0.717) is 11.3 Å². The first kappa shape index (κ1) is 16.2. The molecule has 2 rings (SSSR count). The third-order valence-electron chi connectivity index (χ3n) is 2.61. The van der Waals surface area contributed by atoms with Crippen LogP contribution in [-0.4, -0.2) is 5.91 Å². The van der Waals surface area contributed by atoms with Gasteiger partial charge in [0.15, 0.2) is 0 Å². The Hall–Kier alpha value is -1.81. The van der Waals surface area contributed by atoms with E-state index in [1.165, 1.54) is 0 Å². The predicted molar refractivity (Wildman–Crippen MR) is 89.0 cm³/mol. The van der Waals surface area contributed by atoms with Gasteiger partial charge in [0.1, 0.15) is 0 Å². The summed E-state index contributed by atoms with van der Waals surface area (Å²) < 4.78 is 0.973. The molecule has 0 heterocycles. The number of carbonyl (C=O) groups excluding carboxylic acids is 1. The van der Waals surface area contributed by atoms with E-state index in [-0.39, 0.29) is 5.91 Å². The molecular formula is C16H19BrN2O. The van der Waals surface area contributed by atoms with Gasteiger partial charge in [0.25, 0.3) is 5.91 Å². The average Bonchev–Trinajstić information content (AvgIpc) is 2.46. The molecule has 20 heavy (non-hydrogen) atoms. The molecule has 3 nitrogen and oxygen atoms in total. The Morgan fingerprint density at radius 3 is 2.30 bits per heavy atom. The highest BCUT2D eigenvalue weighted by Gasteiger charge is 2.09. The minimum absolute atomic E-state index is 0.151. The van der Waals surface area contributed by atoms with Gasteiger partial charge >= 0.3 is 0 Å². The molecule has 0 saturated heterocycles. The molecular weight excluding hydrogens is 316 g/mol. The molecule has 0 unspecified atom stereocenters. The van der Waals surface area contributed by atoms with Gasteiger partial charge in [-0.1, -0.05) is 35.8 Å². The van der Waals surface area contributed by atoms with E-state index in [0.717, 1.165) is 15.7 Å². The minimum Gasteiger partial charge on any atom is -0.399 e. The van der Waals surface area contributed by atoms with Crippen LogP contribution in [0.4, 0.5) is 11.4 Å². The monoisotopic (exact) mass is 334 g/mol. The molecule has 0 aliphatic rings. The summed E-state index contributed by atoms with van der Waals surface area (Å²) in [6, 6.07) is 12.7. The number of nitrogens with two attached hydrogens (primary N) is 1. The zero-order valence-electron chi connectivity index (χ0n) is 11.9. The van der Waals surface area contributed by atoms with Crippen LogP contribution >= 0.6 is 15.9 Å². The number of halogens is 1. The number of anilines is 2. The lowest BCUT2D eigenvalue weighted by Crippen LogP contribution is -2.13. The fraction of sp³-hybridized carbons (Fsp3) is 0.188. The highest BCUT2D eigenvalue weighted by Crippen LogP contribution is 2.17. The molecule has 3 N–H and O–H groups in total. The van der Waals surface area contributed by atoms with Crippen molar-refractivity contribution >= 4 is 33.2 Å². The number of carbonyl (C=O) groups is 1. The summed E-state index contributed by atoms with van der Waals surface area (Å²) in [7, 11) is 0. The lowest BCUT2D eigenvalue weighted by Gasteiger charge is -2.08. The van der Waals surface area contributed by atoms with Crippen molar-refractivity contribution in [2.45, 2.75) is 20.8 Å². The first-order valence-electron chi connectivity index (χ1n) is 6.49. The van der Waals surface area contributed by atoms with Crippen molar-refractivity contribution in [2.24, 2.45) is 0 Å². The molecule has 0 fully saturated rings. The zero-order chi connectivity index (χ0) is 15.1. The van der Waals surface area contributed by atoms with E-state index in [9.17, 15) is 4.79 Å². The Bertz CT molecular complexity index is 580. The molecule has 0 bridgehead atoms. The van der Waals surface area contributed by atoms with Crippen LogP contribution < -0.4 is 11.1 Å². The third-order valence-corrected chi connectivity index (χ3v) is 3.14. The van der Waals surface area contributed by atoms with Crippen LogP contribution in [0, 0.1) is 6.92 Å². The largest absolute Gasteiger partial charge is 0.399 e. The van der Waals surface area contributed by atoms with E-state index in [1.807, 2.05) is 51.1 Å². The Labute approximate surface area is 128 Å².